The van der Waals surface area contributed by atoms with E-state index in [4.69, 9.17) is 0 Å². The summed E-state index contributed by atoms with van der Waals surface area (Å²) in [5, 5.41) is 0. The summed E-state index contributed by atoms with van der Waals surface area (Å²) in [6.45, 7) is 0.517. The number of pyridine rings is 1. The van der Waals surface area contributed by atoms with Gasteiger partial charge in [-0.05, 0) is 47.4 Å². The predicted octanol–water partition coefficient (Wildman–Crippen LogP) is 2.09. The van der Waals surface area contributed by atoms with Crippen LogP contribution in [0.25, 0.3) is 0 Å². The number of nitrogens with zero attached hydrogens (tertiary/aromatic N) is 2. The molecule has 0 saturated carbocycles. The average molecular weight is 437 g/mol. The Kier molecular flexibility index (Phi) is 5.62. The van der Waals surface area contributed by atoms with Crippen molar-refractivity contribution in [2.75, 3.05) is 12.8 Å². The van der Waals surface area contributed by atoms with Crippen LogP contribution in [0.4, 0.5) is 0 Å². The van der Waals surface area contributed by atoms with Gasteiger partial charge in [-0.2, -0.15) is 0 Å². The van der Waals surface area contributed by atoms with E-state index in [0.717, 1.165) is 21.7 Å². The second-order valence-corrected chi connectivity index (χ2v) is 10.6. The highest BCUT2D eigenvalue weighted by Gasteiger charge is 2.20. The van der Waals surface area contributed by atoms with E-state index in [1.807, 2.05) is 47.5 Å². The van der Waals surface area contributed by atoms with Crippen LogP contribution in [-0.4, -0.2) is 45.2 Å². The van der Waals surface area contributed by atoms with Crippen LogP contribution in [-0.2, 0) is 32.7 Å². The monoisotopic (exact) mass is 436 g/mol. The molecule has 0 amide bonds. The molecule has 30 heavy (non-hydrogen) atoms. The minimum atomic E-state index is -3.20. The molecule has 0 spiro atoms. The Morgan fingerprint density at radius 1 is 1.13 bits per heavy atom. The topological polar surface area (TPSA) is 67.3 Å². The van der Waals surface area contributed by atoms with Gasteiger partial charge in [0.15, 0.2) is 9.84 Å². The summed E-state index contributed by atoms with van der Waals surface area (Å²) in [6.07, 6.45) is 11.8. The van der Waals surface area contributed by atoms with E-state index in [2.05, 4.69) is 16.8 Å². The molecule has 0 bridgehead atoms. The largest absolute Gasteiger partial charge is 0.332 e. The molecular weight excluding hydrogens is 416 g/mol. The van der Waals surface area contributed by atoms with Crippen LogP contribution < -0.4 is 0 Å². The van der Waals surface area contributed by atoms with Crippen LogP contribution in [0.5, 0.6) is 0 Å². The van der Waals surface area contributed by atoms with Crippen LogP contribution in [0.1, 0.15) is 11.1 Å². The van der Waals surface area contributed by atoms with Crippen molar-refractivity contribution >= 4 is 29.7 Å². The van der Waals surface area contributed by atoms with Gasteiger partial charge in [-0.1, -0.05) is 36.1 Å². The Morgan fingerprint density at radius 3 is 2.63 bits per heavy atom. The first kappa shape index (κ1) is 20.2. The third kappa shape index (κ3) is 4.56. The van der Waals surface area contributed by atoms with E-state index in [1.165, 1.54) is 6.26 Å². The quantitative estimate of drug-likeness (QED) is 0.542. The van der Waals surface area contributed by atoms with Crippen molar-refractivity contribution in [1.29, 1.82) is 0 Å². The minimum absolute atomic E-state index is 0.314. The van der Waals surface area contributed by atoms with E-state index < -0.39 is 19.8 Å². The molecule has 1 aromatic carbocycles. The second kappa shape index (κ2) is 8.34. The molecule has 0 unspecified atom stereocenters. The molecule has 0 radical (unpaired) electrons. The SMILES string of the molecule is CS(=O)(=O)c1ccc(CC2=CN3CC(C#CCc4cccnc4)=S(=O)=C3C=C2)cc1. The van der Waals surface area contributed by atoms with Crippen LogP contribution in [0.2, 0.25) is 0 Å². The standard InChI is InChI=1S/C23H20N2O3S2/c1-30(27,28)22-10-7-18(8-11-22)14-20-9-12-23-25(16-20)17-21(29(23)26)6-2-4-19-5-3-13-24-15-19/h3,5,7-13,15-16H,4,14,17H2,1H3. The van der Waals surface area contributed by atoms with Crippen molar-refractivity contribution in [2.45, 2.75) is 17.7 Å². The van der Waals surface area contributed by atoms with Crippen molar-refractivity contribution in [2.24, 2.45) is 0 Å². The molecule has 1 aromatic heterocycles. The lowest BCUT2D eigenvalue weighted by Gasteiger charge is -2.20. The van der Waals surface area contributed by atoms with Crippen LogP contribution in [0.15, 0.2) is 77.6 Å². The number of hydrogen-bond acceptors (Lipinski definition) is 5. The lowest BCUT2D eigenvalue weighted by Crippen LogP contribution is -2.26. The van der Waals surface area contributed by atoms with Crippen LogP contribution in [0.3, 0.4) is 0 Å². The lowest BCUT2D eigenvalue weighted by molar-refractivity contribution is 0.602. The number of allylic oxidation sites excluding steroid dienone is 2. The van der Waals surface area contributed by atoms with E-state index in [0.29, 0.717) is 29.1 Å². The highest BCUT2D eigenvalue weighted by Crippen LogP contribution is 2.18. The summed E-state index contributed by atoms with van der Waals surface area (Å²) in [4.78, 5) is 7.81. The zero-order valence-electron chi connectivity index (χ0n) is 16.4. The van der Waals surface area contributed by atoms with Gasteiger partial charge in [-0.15, -0.1) is 0 Å². The molecule has 2 aliphatic rings. The van der Waals surface area contributed by atoms with E-state index >= 15 is 0 Å². The number of rotatable bonds is 4. The number of hydrogen-bond donors (Lipinski definition) is 0. The molecule has 2 aliphatic heterocycles. The minimum Gasteiger partial charge on any atom is -0.332 e. The van der Waals surface area contributed by atoms with Gasteiger partial charge < -0.3 is 4.90 Å². The Bertz CT molecular complexity index is 1360. The molecule has 0 fully saturated rings. The fourth-order valence-electron chi connectivity index (χ4n) is 3.24. The summed E-state index contributed by atoms with van der Waals surface area (Å²) in [7, 11) is -4.43. The molecule has 0 aliphatic carbocycles. The highest BCUT2D eigenvalue weighted by atomic mass is 32.2. The maximum atomic E-state index is 12.7. The second-order valence-electron chi connectivity index (χ2n) is 7.13. The first-order valence-electron chi connectivity index (χ1n) is 9.37. The molecule has 4 rings (SSSR count). The summed E-state index contributed by atoms with van der Waals surface area (Å²) in [5.41, 5.74) is 3.11. The number of fused-ring (bicyclic) bond motifs is 1. The van der Waals surface area contributed by atoms with Gasteiger partial charge >= 0.3 is 0 Å². The van der Waals surface area contributed by atoms with Gasteiger partial charge in [0, 0.05) is 41.2 Å². The maximum Gasteiger partial charge on any atom is 0.175 e. The molecule has 5 nitrogen and oxygen atoms in total. The van der Waals surface area contributed by atoms with Crippen molar-refractivity contribution in [3.05, 3.63) is 83.8 Å². The predicted molar refractivity (Wildman–Crippen MR) is 121 cm³/mol. The third-order valence-corrected chi connectivity index (χ3v) is 7.33. The smallest absolute Gasteiger partial charge is 0.175 e. The van der Waals surface area contributed by atoms with Crippen molar-refractivity contribution < 1.29 is 12.6 Å². The van der Waals surface area contributed by atoms with Gasteiger partial charge in [0.25, 0.3) is 0 Å². The summed E-state index contributed by atoms with van der Waals surface area (Å²) in [6, 6.07) is 10.8. The van der Waals surface area contributed by atoms with E-state index in [9.17, 15) is 12.6 Å². The van der Waals surface area contributed by atoms with Crippen molar-refractivity contribution in [1.82, 2.24) is 9.88 Å². The average Bonchev–Trinajstić information content (AvgIpc) is 3.04. The van der Waals surface area contributed by atoms with Crippen molar-refractivity contribution in [3.8, 4) is 11.8 Å². The van der Waals surface area contributed by atoms with Crippen LogP contribution >= 0.6 is 0 Å². The Labute approximate surface area is 178 Å². The summed E-state index contributed by atoms with van der Waals surface area (Å²) >= 11 is 0. The molecule has 3 heterocycles. The normalized spacial score (nSPS) is 15.6. The van der Waals surface area contributed by atoms with Gasteiger partial charge in [-0.3, -0.25) is 4.98 Å². The number of sulfone groups is 1. The van der Waals surface area contributed by atoms with Gasteiger partial charge in [0.05, 0.1) is 11.4 Å². The first-order valence-corrected chi connectivity index (χ1v) is 12.4. The summed E-state index contributed by atoms with van der Waals surface area (Å²) < 4.78 is 35.9. The molecule has 2 aromatic rings. The lowest BCUT2D eigenvalue weighted by atomic mass is 10.0. The zero-order valence-corrected chi connectivity index (χ0v) is 18.0. The molecule has 0 saturated heterocycles. The third-order valence-electron chi connectivity index (χ3n) is 4.78. The van der Waals surface area contributed by atoms with Gasteiger partial charge in [0.1, 0.15) is 9.85 Å². The molecular formula is C23H20N2O3S2. The number of benzene rings is 1. The molecule has 0 N–H and O–H groups in total. The van der Waals surface area contributed by atoms with E-state index in [-0.39, 0.29) is 0 Å². The maximum absolute atomic E-state index is 12.7. The van der Waals surface area contributed by atoms with Crippen molar-refractivity contribution in [3.63, 3.8) is 0 Å². The first-order chi connectivity index (χ1) is 14.4. The molecule has 152 valence electrons. The molecule has 0 atom stereocenters. The Hall–Kier alpha value is -3.08. The van der Waals surface area contributed by atoms with Crippen LogP contribution in [0, 0.1) is 11.8 Å². The zero-order chi connectivity index (χ0) is 21.1. The van der Waals surface area contributed by atoms with E-state index in [1.54, 1.807) is 24.5 Å². The Balaban J connectivity index is 1.45. The highest BCUT2D eigenvalue weighted by molar-refractivity contribution is 7.90. The fraction of sp³-hybridized carbons (Fsp3) is 0.174. The van der Waals surface area contributed by atoms with Gasteiger partial charge in [0.2, 0.25) is 0 Å². The number of aromatic nitrogens is 1. The summed E-state index contributed by atoms with van der Waals surface area (Å²) in [5.74, 6) is 6.18. The Morgan fingerprint density at radius 2 is 1.93 bits per heavy atom. The van der Waals surface area contributed by atoms with Gasteiger partial charge in [-0.25, -0.2) is 12.6 Å². The molecule has 7 heteroatoms. The fourth-order valence-corrected chi connectivity index (χ4v) is 5.07.